The van der Waals surface area contributed by atoms with Crippen LogP contribution in [0.4, 0.5) is 0 Å². The molecule has 0 saturated carbocycles. The highest BCUT2D eigenvalue weighted by molar-refractivity contribution is 5.32. The number of nitrogens with two attached hydrogens (primary N) is 1. The number of aryl methyl sites for hydroxylation is 1. The van der Waals surface area contributed by atoms with Crippen LogP contribution in [0, 0.1) is 0 Å². The van der Waals surface area contributed by atoms with Crippen molar-refractivity contribution in [3.8, 4) is 0 Å². The molecule has 2 N–H and O–H groups in total. The minimum Gasteiger partial charge on any atom is -0.336 e. The molecule has 2 aromatic heterocycles. The van der Waals surface area contributed by atoms with Crippen LogP contribution in [0.5, 0.6) is 0 Å². The average Bonchev–Trinajstić information content (AvgIpc) is 2.80. The van der Waals surface area contributed by atoms with Gasteiger partial charge in [-0.3, -0.25) is 9.88 Å². The van der Waals surface area contributed by atoms with Gasteiger partial charge in [-0.05, 0) is 18.7 Å². The molecule has 2 aromatic rings. The highest BCUT2D eigenvalue weighted by Crippen LogP contribution is 2.35. The van der Waals surface area contributed by atoms with Crippen molar-refractivity contribution in [2.24, 2.45) is 12.8 Å². The van der Waals surface area contributed by atoms with E-state index in [0.29, 0.717) is 12.6 Å². The number of hydrogen-bond donors (Lipinski definition) is 1. The Morgan fingerprint density at radius 1 is 1.42 bits per heavy atom. The monoisotopic (exact) mass is 257 g/mol. The fourth-order valence-corrected chi connectivity index (χ4v) is 2.95. The van der Waals surface area contributed by atoms with Gasteiger partial charge in [0.2, 0.25) is 0 Å². The van der Waals surface area contributed by atoms with E-state index in [1.807, 2.05) is 25.6 Å². The maximum absolute atomic E-state index is 5.91. The molecule has 2 atom stereocenters. The summed E-state index contributed by atoms with van der Waals surface area (Å²) < 4.78 is 2.11. The number of pyridine rings is 1. The molecule has 2 unspecified atom stereocenters. The predicted molar refractivity (Wildman–Crippen MR) is 73.6 cm³/mol. The molecule has 3 heterocycles. The van der Waals surface area contributed by atoms with E-state index < -0.39 is 0 Å². The Kier molecular flexibility index (Phi) is 3.08. The summed E-state index contributed by atoms with van der Waals surface area (Å²) in [5, 5.41) is 0. The molecule has 5 heteroatoms. The Bertz CT molecular complexity index is 562. The van der Waals surface area contributed by atoms with Gasteiger partial charge in [-0.1, -0.05) is 6.07 Å². The minimum atomic E-state index is 0.179. The van der Waals surface area contributed by atoms with Crippen LogP contribution in [-0.2, 0) is 13.5 Å². The summed E-state index contributed by atoms with van der Waals surface area (Å²) in [7, 11) is 4.18. The molecular formula is C14H19N5. The molecule has 0 bridgehead atoms. The lowest BCUT2D eigenvalue weighted by molar-refractivity contribution is 0.177. The Morgan fingerprint density at radius 3 is 2.95 bits per heavy atom. The maximum atomic E-state index is 5.91. The number of hydrogen-bond acceptors (Lipinski definition) is 4. The summed E-state index contributed by atoms with van der Waals surface area (Å²) in [5.41, 5.74) is 9.50. The van der Waals surface area contributed by atoms with Crippen molar-refractivity contribution >= 4 is 0 Å². The van der Waals surface area contributed by atoms with E-state index in [2.05, 4.69) is 32.5 Å². The van der Waals surface area contributed by atoms with E-state index in [1.165, 1.54) is 11.3 Å². The molecule has 1 aliphatic rings. The van der Waals surface area contributed by atoms with Gasteiger partial charge < -0.3 is 10.3 Å². The van der Waals surface area contributed by atoms with E-state index in [0.717, 1.165) is 12.1 Å². The first-order chi connectivity index (χ1) is 9.22. The summed E-state index contributed by atoms with van der Waals surface area (Å²) in [4.78, 5) is 11.1. The molecule has 5 nitrogen and oxygen atoms in total. The normalized spacial score (nSPS) is 23.3. The molecule has 0 fully saturated rings. The van der Waals surface area contributed by atoms with E-state index in [-0.39, 0.29) is 6.04 Å². The second-order valence-corrected chi connectivity index (χ2v) is 5.14. The molecule has 0 spiro atoms. The van der Waals surface area contributed by atoms with Crippen LogP contribution in [-0.4, -0.2) is 39.1 Å². The van der Waals surface area contributed by atoms with Crippen molar-refractivity contribution in [1.29, 1.82) is 0 Å². The number of fused-ring (bicyclic) bond motifs is 1. The topological polar surface area (TPSA) is 60.0 Å². The van der Waals surface area contributed by atoms with E-state index in [1.54, 1.807) is 6.20 Å². The molecule has 0 radical (unpaired) electrons. The fourth-order valence-electron chi connectivity index (χ4n) is 2.95. The number of rotatable bonds is 2. The van der Waals surface area contributed by atoms with Gasteiger partial charge in [0.25, 0.3) is 0 Å². The average molecular weight is 257 g/mol. The third-order valence-electron chi connectivity index (χ3n) is 4.01. The van der Waals surface area contributed by atoms with Crippen molar-refractivity contribution in [1.82, 2.24) is 19.4 Å². The third-order valence-corrected chi connectivity index (χ3v) is 4.01. The van der Waals surface area contributed by atoms with Gasteiger partial charge in [0, 0.05) is 38.4 Å². The van der Waals surface area contributed by atoms with Crippen LogP contribution in [0.1, 0.15) is 23.0 Å². The zero-order valence-electron chi connectivity index (χ0n) is 11.3. The van der Waals surface area contributed by atoms with Crippen molar-refractivity contribution in [2.75, 3.05) is 13.6 Å². The van der Waals surface area contributed by atoms with Crippen LogP contribution in [0.2, 0.25) is 0 Å². The minimum absolute atomic E-state index is 0.179. The summed E-state index contributed by atoms with van der Waals surface area (Å²) in [6.07, 6.45) is 6.54. The molecule has 0 saturated heterocycles. The van der Waals surface area contributed by atoms with Gasteiger partial charge >= 0.3 is 0 Å². The lowest BCUT2D eigenvalue weighted by Crippen LogP contribution is -2.46. The highest BCUT2D eigenvalue weighted by Gasteiger charge is 2.35. The zero-order chi connectivity index (χ0) is 13.4. The first-order valence-corrected chi connectivity index (χ1v) is 6.54. The van der Waals surface area contributed by atoms with Crippen LogP contribution < -0.4 is 5.73 Å². The SMILES string of the molecule is CN1C(CN)Cc2ncn(C)c2C1c1cccnc1. The quantitative estimate of drug-likeness (QED) is 0.861. The summed E-state index contributed by atoms with van der Waals surface area (Å²) >= 11 is 0. The first-order valence-electron chi connectivity index (χ1n) is 6.54. The standard InChI is InChI=1S/C14H19N5/c1-18-9-17-12-6-11(7-15)19(2)13(14(12)18)10-4-3-5-16-8-10/h3-5,8-9,11,13H,6-7,15H2,1-2H3. The third kappa shape index (κ3) is 1.95. The van der Waals surface area contributed by atoms with Crippen molar-refractivity contribution < 1.29 is 0 Å². The Morgan fingerprint density at radius 2 is 2.26 bits per heavy atom. The van der Waals surface area contributed by atoms with Crippen molar-refractivity contribution in [3.63, 3.8) is 0 Å². The van der Waals surface area contributed by atoms with Crippen molar-refractivity contribution in [2.45, 2.75) is 18.5 Å². The Balaban J connectivity index is 2.12. The lowest BCUT2D eigenvalue weighted by Gasteiger charge is -2.39. The van der Waals surface area contributed by atoms with Crippen LogP contribution in [0.15, 0.2) is 30.9 Å². The van der Waals surface area contributed by atoms with Crippen LogP contribution in [0.25, 0.3) is 0 Å². The number of imidazole rings is 1. The Hall–Kier alpha value is -1.72. The van der Waals surface area contributed by atoms with E-state index in [4.69, 9.17) is 5.73 Å². The molecule has 19 heavy (non-hydrogen) atoms. The second kappa shape index (κ2) is 4.75. The van der Waals surface area contributed by atoms with Gasteiger partial charge in [0.05, 0.1) is 23.8 Å². The van der Waals surface area contributed by atoms with Gasteiger partial charge in [0.15, 0.2) is 0 Å². The highest BCUT2D eigenvalue weighted by atomic mass is 15.2. The summed E-state index contributed by atoms with van der Waals surface area (Å²) in [6.45, 7) is 0.642. The summed E-state index contributed by atoms with van der Waals surface area (Å²) in [5.74, 6) is 0. The number of nitrogens with zero attached hydrogens (tertiary/aromatic N) is 4. The molecule has 1 aliphatic heterocycles. The van der Waals surface area contributed by atoms with Gasteiger partial charge in [-0.15, -0.1) is 0 Å². The molecule has 0 amide bonds. The largest absolute Gasteiger partial charge is 0.336 e. The molecule has 0 aliphatic carbocycles. The second-order valence-electron chi connectivity index (χ2n) is 5.14. The van der Waals surface area contributed by atoms with Gasteiger partial charge in [-0.2, -0.15) is 0 Å². The smallest absolute Gasteiger partial charge is 0.0949 e. The van der Waals surface area contributed by atoms with Crippen LogP contribution >= 0.6 is 0 Å². The van der Waals surface area contributed by atoms with Crippen molar-refractivity contribution in [3.05, 3.63) is 47.8 Å². The van der Waals surface area contributed by atoms with Crippen LogP contribution in [0.3, 0.4) is 0 Å². The van der Waals surface area contributed by atoms with Gasteiger partial charge in [0.1, 0.15) is 0 Å². The van der Waals surface area contributed by atoms with E-state index >= 15 is 0 Å². The molecular weight excluding hydrogens is 238 g/mol. The fraction of sp³-hybridized carbons (Fsp3) is 0.429. The molecule has 100 valence electrons. The zero-order valence-corrected chi connectivity index (χ0v) is 11.3. The lowest BCUT2D eigenvalue weighted by atomic mass is 9.92. The Labute approximate surface area is 113 Å². The number of likely N-dealkylation sites (N-methyl/N-ethyl adjacent to an activating group) is 1. The summed E-state index contributed by atoms with van der Waals surface area (Å²) in [6, 6.07) is 4.60. The first kappa shape index (κ1) is 12.3. The van der Waals surface area contributed by atoms with E-state index in [9.17, 15) is 0 Å². The maximum Gasteiger partial charge on any atom is 0.0949 e. The van der Waals surface area contributed by atoms with Gasteiger partial charge in [-0.25, -0.2) is 4.98 Å². The molecule has 0 aromatic carbocycles. The molecule has 3 rings (SSSR count). The number of aromatic nitrogens is 3. The predicted octanol–water partition coefficient (Wildman–Crippen LogP) is 0.720.